The Hall–Kier alpha value is -0.0400. The van der Waals surface area contributed by atoms with E-state index in [1.807, 2.05) is 0 Å². The van der Waals surface area contributed by atoms with Crippen molar-refractivity contribution in [2.45, 2.75) is 44.6 Å². The molecule has 0 aromatic carbocycles. The SMILES string of the molecule is C1CCNC2CCC2CC1. The molecule has 2 atom stereocenters. The molecule has 1 saturated heterocycles. The number of hydrogen-bond donors (Lipinski definition) is 1. The number of fused-ring (bicyclic) bond motifs is 1. The molecule has 1 aliphatic carbocycles. The summed E-state index contributed by atoms with van der Waals surface area (Å²) in [6.45, 7) is 1.28. The number of nitrogens with one attached hydrogen (secondary N) is 1. The maximum absolute atomic E-state index is 3.62. The van der Waals surface area contributed by atoms with Gasteiger partial charge in [0.2, 0.25) is 0 Å². The van der Waals surface area contributed by atoms with Gasteiger partial charge in [0.25, 0.3) is 0 Å². The van der Waals surface area contributed by atoms with Crippen molar-refractivity contribution < 1.29 is 0 Å². The van der Waals surface area contributed by atoms with Gasteiger partial charge in [-0.3, -0.25) is 0 Å². The molecule has 2 aliphatic rings. The zero-order valence-corrected chi connectivity index (χ0v) is 6.60. The van der Waals surface area contributed by atoms with Crippen molar-refractivity contribution in [2.75, 3.05) is 6.54 Å². The van der Waals surface area contributed by atoms with Crippen LogP contribution in [0.2, 0.25) is 0 Å². The molecular weight excluding hydrogens is 122 g/mol. The highest BCUT2D eigenvalue weighted by molar-refractivity contribution is 4.87. The molecule has 1 nitrogen and oxygen atoms in total. The third kappa shape index (κ3) is 1.20. The van der Waals surface area contributed by atoms with E-state index in [2.05, 4.69) is 5.32 Å². The molecule has 1 heterocycles. The molecule has 1 heteroatoms. The maximum atomic E-state index is 3.62. The minimum atomic E-state index is 0.917. The third-order valence-corrected chi connectivity index (χ3v) is 3.08. The zero-order valence-electron chi connectivity index (χ0n) is 6.60. The first kappa shape index (κ1) is 6.66. The van der Waals surface area contributed by atoms with Gasteiger partial charge in [0, 0.05) is 6.04 Å². The molecule has 0 aromatic rings. The summed E-state index contributed by atoms with van der Waals surface area (Å²) in [5.41, 5.74) is 0. The van der Waals surface area contributed by atoms with Crippen molar-refractivity contribution in [2.24, 2.45) is 5.92 Å². The second-order valence-corrected chi connectivity index (χ2v) is 3.75. The van der Waals surface area contributed by atoms with Crippen LogP contribution in [0.15, 0.2) is 0 Å². The number of hydrogen-bond acceptors (Lipinski definition) is 1. The van der Waals surface area contributed by atoms with Crippen LogP contribution in [0.1, 0.15) is 38.5 Å². The quantitative estimate of drug-likeness (QED) is 0.540. The summed E-state index contributed by atoms with van der Waals surface area (Å²) in [4.78, 5) is 0. The second kappa shape index (κ2) is 2.91. The average Bonchev–Trinajstić information content (AvgIpc) is 1.89. The molecule has 1 aliphatic heterocycles. The van der Waals surface area contributed by atoms with Crippen LogP contribution in [-0.2, 0) is 0 Å². The van der Waals surface area contributed by atoms with E-state index in [4.69, 9.17) is 0 Å². The molecule has 0 bridgehead atoms. The van der Waals surface area contributed by atoms with Crippen LogP contribution < -0.4 is 5.32 Å². The van der Waals surface area contributed by atoms with E-state index in [-0.39, 0.29) is 0 Å². The van der Waals surface area contributed by atoms with Gasteiger partial charge in [0.15, 0.2) is 0 Å². The lowest BCUT2D eigenvalue weighted by Gasteiger charge is -2.39. The van der Waals surface area contributed by atoms with Crippen LogP contribution >= 0.6 is 0 Å². The van der Waals surface area contributed by atoms with Gasteiger partial charge < -0.3 is 5.32 Å². The molecule has 2 rings (SSSR count). The Labute approximate surface area is 63.2 Å². The predicted octanol–water partition coefficient (Wildman–Crippen LogP) is 1.93. The Balaban J connectivity index is 1.83. The smallest absolute Gasteiger partial charge is 0.00954 e. The normalized spacial score (nSPS) is 40.8. The van der Waals surface area contributed by atoms with Gasteiger partial charge in [-0.15, -0.1) is 0 Å². The van der Waals surface area contributed by atoms with Gasteiger partial charge in [-0.2, -0.15) is 0 Å². The summed E-state index contributed by atoms with van der Waals surface area (Å²) in [5.74, 6) is 1.06. The topological polar surface area (TPSA) is 12.0 Å². The lowest BCUT2D eigenvalue weighted by Crippen LogP contribution is -2.45. The lowest BCUT2D eigenvalue weighted by molar-refractivity contribution is 0.181. The molecule has 10 heavy (non-hydrogen) atoms. The van der Waals surface area contributed by atoms with Crippen LogP contribution in [-0.4, -0.2) is 12.6 Å². The fourth-order valence-electron chi connectivity index (χ4n) is 2.18. The predicted molar refractivity (Wildman–Crippen MR) is 43.0 cm³/mol. The largest absolute Gasteiger partial charge is 0.314 e. The van der Waals surface area contributed by atoms with Gasteiger partial charge in [0.05, 0.1) is 0 Å². The summed E-state index contributed by atoms with van der Waals surface area (Å²) in [6.07, 6.45) is 8.79. The van der Waals surface area contributed by atoms with Gasteiger partial charge in [0.1, 0.15) is 0 Å². The molecule has 58 valence electrons. The molecule has 1 saturated carbocycles. The van der Waals surface area contributed by atoms with E-state index < -0.39 is 0 Å². The molecular formula is C9H17N. The van der Waals surface area contributed by atoms with E-state index in [0.717, 1.165) is 12.0 Å². The summed E-state index contributed by atoms with van der Waals surface area (Å²) in [5, 5.41) is 3.62. The van der Waals surface area contributed by atoms with E-state index in [9.17, 15) is 0 Å². The van der Waals surface area contributed by atoms with E-state index in [0.29, 0.717) is 0 Å². The minimum absolute atomic E-state index is 0.917. The Bertz CT molecular complexity index is 97.3. The second-order valence-electron chi connectivity index (χ2n) is 3.75. The molecule has 2 unspecified atom stereocenters. The Morgan fingerprint density at radius 1 is 0.900 bits per heavy atom. The standard InChI is InChI=1S/C9H17N/c1-2-4-8-5-6-9(8)10-7-3-1/h8-10H,1-7H2. The maximum Gasteiger partial charge on any atom is 0.00954 e. The van der Waals surface area contributed by atoms with Crippen LogP contribution in [0.5, 0.6) is 0 Å². The van der Waals surface area contributed by atoms with Crippen molar-refractivity contribution in [3.05, 3.63) is 0 Å². The number of rotatable bonds is 0. The van der Waals surface area contributed by atoms with Crippen molar-refractivity contribution in [1.29, 1.82) is 0 Å². The fraction of sp³-hybridized carbons (Fsp3) is 1.00. The van der Waals surface area contributed by atoms with E-state index in [1.54, 1.807) is 0 Å². The average molecular weight is 139 g/mol. The molecule has 2 fully saturated rings. The first-order valence-corrected chi connectivity index (χ1v) is 4.70. The highest BCUT2D eigenvalue weighted by atomic mass is 14.9. The van der Waals surface area contributed by atoms with Crippen molar-refractivity contribution >= 4 is 0 Å². The van der Waals surface area contributed by atoms with Crippen molar-refractivity contribution in [3.8, 4) is 0 Å². The molecule has 0 amide bonds. The van der Waals surface area contributed by atoms with Crippen LogP contribution in [0.25, 0.3) is 0 Å². The zero-order chi connectivity index (χ0) is 6.81. The monoisotopic (exact) mass is 139 g/mol. The van der Waals surface area contributed by atoms with Gasteiger partial charge >= 0.3 is 0 Å². The summed E-state index contributed by atoms with van der Waals surface area (Å²) in [6, 6.07) is 0.917. The summed E-state index contributed by atoms with van der Waals surface area (Å²) >= 11 is 0. The highest BCUT2D eigenvalue weighted by Crippen LogP contribution is 2.32. The molecule has 1 N–H and O–H groups in total. The van der Waals surface area contributed by atoms with E-state index >= 15 is 0 Å². The summed E-state index contributed by atoms with van der Waals surface area (Å²) < 4.78 is 0. The lowest BCUT2D eigenvalue weighted by atomic mass is 9.75. The Morgan fingerprint density at radius 3 is 2.70 bits per heavy atom. The van der Waals surface area contributed by atoms with Crippen LogP contribution in [0.3, 0.4) is 0 Å². The van der Waals surface area contributed by atoms with Crippen LogP contribution in [0.4, 0.5) is 0 Å². The van der Waals surface area contributed by atoms with Gasteiger partial charge in [-0.05, 0) is 38.1 Å². The van der Waals surface area contributed by atoms with Crippen molar-refractivity contribution in [1.82, 2.24) is 5.32 Å². The van der Waals surface area contributed by atoms with Crippen molar-refractivity contribution in [3.63, 3.8) is 0 Å². The summed E-state index contributed by atoms with van der Waals surface area (Å²) in [7, 11) is 0. The fourth-order valence-corrected chi connectivity index (χ4v) is 2.18. The first-order chi connectivity index (χ1) is 4.97. The minimum Gasteiger partial charge on any atom is -0.314 e. The first-order valence-electron chi connectivity index (χ1n) is 4.70. The highest BCUT2D eigenvalue weighted by Gasteiger charge is 2.29. The van der Waals surface area contributed by atoms with Crippen LogP contribution in [0, 0.1) is 5.92 Å². The Morgan fingerprint density at radius 2 is 1.90 bits per heavy atom. The molecule has 0 spiro atoms. The molecule has 0 aromatic heterocycles. The van der Waals surface area contributed by atoms with E-state index in [1.165, 1.54) is 45.1 Å². The Kier molecular flexibility index (Phi) is 1.94. The third-order valence-electron chi connectivity index (χ3n) is 3.08. The molecule has 0 radical (unpaired) electrons. The van der Waals surface area contributed by atoms with Gasteiger partial charge in [-0.1, -0.05) is 12.8 Å². The van der Waals surface area contributed by atoms with Gasteiger partial charge in [-0.25, -0.2) is 0 Å².